The highest BCUT2D eigenvalue weighted by molar-refractivity contribution is 7.99. The van der Waals surface area contributed by atoms with E-state index in [1.807, 2.05) is 11.8 Å². The third-order valence-electron chi connectivity index (χ3n) is 3.90. The monoisotopic (exact) mass is 259 g/mol. The van der Waals surface area contributed by atoms with Gasteiger partial charge in [0.1, 0.15) is 5.54 Å². The predicted octanol–water partition coefficient (Wildman–Crippen LogP) is 1.49. The van der Waals surface area contributed by atoms with E-state index in [1.54, 1.807) is 7.05 Å². The standard InChI is InChI=1S/C12H21NO3S/c1-13-12(11(14)15)5-4-10(7-12)17-8-9-3-2-6-16-9/h9-10,13H,2-8H2,1H3,(H,14,15). The van der Waals surface area contributed by atoms with Gasteiger partial charge in [-0.2, -0.15) is 11.8 Å². The van der Waals surface area contributed by atoms with Gasteiger partial charge >= 0.3 is 5.97 Å². The maximum absolute atomic E-state index is 11.3. The topological polar surface area (TPSA) is 58.6 Å². The number of rotatable bonds is 5. The van der Waals surface area contributed by atoms with E-state index in [-0.39, 0.29) is 0 Å². The third kappa shape index (κ3) is 2.95. The minimum absolute atomic E-state index is 0.398. The summed E-state index contributed by atoms with van der Waals surface area (Å²) in [5.74, 6) is 0.310. The average Bonchev–Trinajstić information content (AvgIpc) is 2.96. The summed E-state index contributed by atoms with van der Waals surface area (Å²) >= 11 is 1.89. The van der Waals surface area contributed by atoms with E-state index in [1.165, 1.54) is 6.42 Å². The fraction of sp³-hybridized carbons (Fsp3) is 0.917. The van der Waals surface area contributed by atoms with Crippen molar-refractivity contribution in [2.24, 2.45) is 0 Å². The molecule has 2 N–H and O–H groups in total. The highest BCUT2D eigenvalue weighted by Gasteiger charge is 2.44. The predicted molar refractivity (Wildman–Crippen MR) is 68.5 cm³/mol. The molecule has 0 bridgehead atoms. The molecule has 0 spiro atoms. The van der Waals surface area contributed by atoms with Crippen LogP contribution < -0.4 is 5.32 Å². The number of aliphatic carboxylic acids is 1. The van der Waals surface area contributed by atoms with Crippen LogP contribution in [0.25, 0.3) is 0 Å². The van der Waals surface area contributed by atoms with Gasteiger partial charge < -0.3 is 15.2 Å². The minimum Gasteiger partial charge on any atom is -0.480 e. The Balaban J connectivity index is 1.78. The number of hydrogen-bond donors (Lipinski definition) is 2. The van der Waals surface area contributed by atoms with Crippen molar-refractivity contribution in [2.75, 3.05) is 19.4 Å². The molecule has 0 amide bonds. The zero-order valence-electron chi connectivity index (χ0n) is 10.3. The van der Waals surface area contributed by atoms with Crippen LogP contribution >= 0.6 is 11.8 Å². The summed E-state index contributed by atoms with van der Waals surface area (Å²) in [6, 6.07) is 0. The summed E-state index contributed by atoms with van der Waals surface area (Å²) in [6.07, 6.45) is 5.19. The molecule has 3 atom stereocenters. The van der Waals surface area contributed by atoms with Gasteiger partial charge in [0.05, 0.1) is 6.10 Å². The van der Waals surface area contributed by atoms with Crippen LogP contribution in [0.15, 0.2) is 0 Å². The lowest BCUT2D eigenvalue weighted by molar-refractivity contribution is -0.144. The van der Waals surface area contributed by atoms with Crippen molar-refractivity contribution in [3.63, 3.8) is 0 Å². The zero-order chi connectivity index (χ0) is 12.3. The quantitative estimate of drug-likeness (QED) is 0.783. The molecule has 2 fully saturated rings. The molecular formula is C12H21NO3S. The molecule has 1 saturated heterocycles. The van der Waals surface area contributed by atoms with E-state index in [0.29, 0.717) is 11.4 Å². The first-order valence-electron chi connectivity index (χ1n) is 6.32. The zero-order valence-corrected chi connectivity index (χ0v) is 11.1. The van der Waals surface area contributed by atoms with Gasteiger partial charge in [-0.25, -0.2) is 0 Å². The van der Waals surface area contributed by atoms with Gasteiger partial charge in [0.25, 0.3) is 0 Å². The van der Waals surface area contributed by atoms with E-state index in [4.69, 9.17) is 4.74 Å². The second kappa shape index (κ2) is 5.59. The molecule has 5 heteroatoms. The van der Waals surface area contributed by atoms with Gasteiger partial charge in [0.2, 0.25) is 0 Å². The van der Waals surface area contributed by atoms with E-state index < -0.39 is 11.5 Å². The Kier molecular flexibility index (Phi) is 4.33. The Labute approximate surface area is 106 Å². The van der Waals surface area contributed by atoms with Gasteiger partial charge in [0, 0.05) is 17.6 Å². The van der Waals surface area contributed by atoms with E-state index in [2.05, 4.69) is 5.32 Å². The maximum Gasteiger partial charge on any atom is 0.323 e. The van der Waals surface area contributed by atoms with E-state index in [0.717, 1.165) is 38.0 Å². The van der Waals surface area contributed by atoms with E-state index >= 15 is 0 Å². The second-order valence-corrected chi connectivity index (χ2v) is 6.30. The molecule has 1 saturated carbocycles. The molecule has 0 aromatic carbocycles. The van der Waals surface area contributed by atoms with Crippen molar-refractivity contribution in [1.82, 2.24) is 5.32 Å². The molecule has 98 valence electrons. The number of carboxylic acid groups (broad SMARTS) is 1. The van der Waals surface area contributed by atoms with Crippen LogP contribution in [0.4, 0.5) is 0 Å². The average molecular weight is 259 g/mol. The van der Waals surface area contributed by atoms with Gasteiger partial charge in [-0.3, -0.25) is 4.79 Å². The largest absolute Gasteiger partial charge is 0.480 e. The fourth-order valence-corrected chi connectivity index (χ4v) is 4.13. The smallest absolute Gasteiger partial charge is 0.323 e. The molecule has 0 aromatic heterocycles. The number of nitrogens with one attached hydrogen (secondary N) is 1. The van der Waals surface area contributed by atoms with E-state index in [9.17, 15) is 9.90 Å². The number of thioether (sulfide) groups is 1. The van der Waals surface area contributed by atoms with Crippen molar-refractivity contribution in [2.45, 2.75) is 49.0 Å². The van der Waals surface area contributed by atoms with Crippen LogP contribution in [0.5, 0.6) is 0 Å². The van der Waals surface area contributed by atoms with Crippen LogP contribution in [0.2, 0.25) is 0 Å². The molecule has 0 radical (unpaired) electrons. The number of ether oxygens (including phenoxy) is 1. The van der Waals surface area contributed by atoms with Gasteiger partial charge in [-0.1, -0.05) is 0 Å². The third-order valence-corrected chi connectivity index (χ3v) is 5.34. The Morgan fingerprint density at radius 1 is 1.59 bits per heavy atom. The molecule has 2 rings (SSSR count). The molecule has 4 nitrogen and oxygen atoms in total. The highest BCUT2D eigenvalue weighted by Crippen LogP contribution is 2.38. The summed E-state index contributed by atoms with van der Waals surface area (Å²) in [7, 11) is 1.75. The molecule has 1 aliphatic carbocycles. The molecule has 0 aromatic rings. The first kappa shape index (κ1) is 13.2. The van der Waals surface area contributed by atoms with Crippen molar-refractivity contribution in [3.05, 3.63) is 0 Å². The number of carbonyl (C=O) groups is 1. The van der Waals surface area contributed by atoms with Crippen LogP contribution in [0.3, 0.4) is 0 Å². The van der Waals surface area contributed by atoms with Crippen molar-refractivity contribution in [1.29, 1.82) is 0 Å². The molecule has 3 unspecified atom stereocenters. The Morgan fingerprint density at radius 2 is 2.41 bits per heavy atom. The lowest BCUT2D eigenvalue weighted by atomic mass is 9.99. The highest BCUT2D eigenvalue weighted by atomic mass is 32.2. The lowest BCUT2D eigenvalue weighted by Crippen LogP contribution is -2.48. The normalized spacial score (nSPS) is 37.5. The van der Waals surface area contributed by atoms with Crippen molar-refractivity contribution in [3.8, 4) is 0 Å². The molecule has 1 aliphatic heterocycles. The maximum atomic E-state index is 11.3. The first-order chi connectivity index (χ1) is 8.16. The first-order valence-corrected chi connectivity index (χ1v) is 7.37. The summed E-state index contributed by atoms with van der Waals surface area (Å²) < 4.78 is 5.59. The number of hydrogen-bond acceptors (Lipinski definition) is 4. The van der Waals surface area contributed by atoms with Crippen LogP contribution in [-0.4, -0.2) is 47.4 Å². The summed E-state index contributed by atoms with van der Waals surface area (Å²) in [4.78, 5) is 11.3. The van der Waals surface area contributed by atoms with Crippen LogP contribution in [-0.2, 0) is 9.53 Å². The molecule has 1 heterocycles. The molecule has 17 heavy (non-hydrogen) atoms. The van der Waals surface area contributed by atoms with Crippen LogP contribution in [0, 0.1) is 0 Å². The molecular weight excluding hydrogens is 238 g/mol. The summed E-state index contributed by atoms with van der Waals surface area (Å²) in [5, 5.41) is 12.7. The molecule has 2 aliphatic rings. The lowest BCUT2D eigenvalue weighted by Gasteiger charge is -2.23. The van der Waals surface area contributed by atoms with Gasteiger partial charge in [-0.15, -0.1) is 0 Å². The number of likely N-dealkylation sites (N-methyl/N-ethyl adjacent to an activating group) is 1. The minimum atomic E-state index is -0.708. The summed E-state index contributed by atoms with van der Waals surface area (Å²) in [6.45, 7) is 0.894. The Hall–Kier alpha value is -0.260. The van der Waals surface area contributed by atoms with Gasteiger partial charge in [0.15, 0.2) is 0 Å². The number of carboxylic acids is 1. The van der Waals surface area contributed by atoms with Crippen LogP contribution in [0.1, 0.15) is 32.1 Å². The fourth-order valence-electron chi connectivity index (χ4n) is 2.69. The summed E-state index contributed by atoms with van der Waals surface area (Å²) in [5.41, 5.74) is -0.686. The SMILES string of the molecule is CNC1(C(=O)O)CCC(SCC2CCCO2)C1. The van der Waals surface area contributed by atoms with Gasteiger partial charge in [-0.05, 0) is 39.2 Å². The van der Waals surface area contributed by atoms with Crippen molar-refractivity contribution >= 4 is 17.7 Å². The van der Waals surface area contributed by atoms with Crippen molar-refractivity contribution < 1.29 is 14.6 Å². The second-order valence-electron chi connectivity index (χ2n) is 4.97. The Bertz CT molecular complexity index is 281. The Morgan fingerprint density at radius 3 is 2.94 bits per heavy atom.